The van der Waals surface area contributed by atoms with Crippen LogP contribution in [0.15, 0.2) is 0 Å². The Labute approximate surface area is 97.0 Å². The maximum absolute atomic E-state index is 12.0. The Bertz CT molecular complexity index is 235. The third-order valence-electron chi connectivity index (χ3n) is 2.96. The van der Waals surface area contributed by atoms with Crippen molar-refractivity contribution in [2.24, 2.45) is 11.7 Å². The van der Waals surface area contributed by atoms with Crippen LogP contribution in [0.3, 0.4) is 0 Å². The van der Waals surface area contributed by atoms with Gasteiger partial charge in [0.2, 0.25) is 5.91 Å². The number of nitrogens with two attached hydrogens (primary N) is 1. The molecule has 0 radical (unpaired) electrons. The van der Waals surface area contributed by atoms with Gasteiger partial charge in [-0.25, -0.2) is 0 Å². The minimum Gasteiger partial charge on any atom is -0.393 e. The van der Waals surface area contributed by atoms with Crippen molar-refractivity contribution in [3.05, 3.63) is 0 Å². The van der Waals surface area contributed by atoms with Crippen molar-refractivity contribution in [1.29, 1.82) is 0 Å². The van der Waals surface area contributed by atoms with Crippen LogP contribution in [-0.4, -0.2) is 28.9 Å². The summed E-state index contributed by atoms with van der Waals surface area (Å²) in [6.45, 7) is 3.53. The molecule has 86 valence electrons. The van der Waals surface area contributed by atoms with E-state index >= 15 is 0 Å². The summed E-state index contributed by atoms with van der Waals surface area (Å²) in [6.07, 6.45) is 5.97. The predicted molar refractivity (Wildman–Crippen MR) is 65.6 cm³/mol. The highest BCUT2D eigenvalue weighted by molar-refractivity contribution is 7.80. The molecule has 1 heterocycles. The summed E-state index contributed by atoms with van der Waals surface area (Å²) >= 11 is 4.85. The number of hydrogen-bond acceptors (Lipinski definition) is 2. The van der Waals surface area contributed by atoms with Crippen molar-refractivity contribution in [3.63, 3.8) is 0 Å². The van der Waals surface area contributed by atoms with E-state index in [4.69, 9.17) is 18.0 Å². The SMILES string of the molecule is CC(C(=O)N1CCCCCCC1)C(N)=S. The van der Waals surface area contributed by atoms with Crippen LogP contribution in [0.25, 0.3) is 0 Å². The molecule has 1 aliphatic heterocycles. The minimum absolute atomic E-state index is 0.101. The zero-order chi connectivity index (χ0) is 11.3. The van der Waals surface area contributed by atoms with E-state index in [1.54, 1.807) is 6.92 Å². The van der Waals surface area contributed by atoms with Gasteiger partial charge in [-0.2, -0.15) is 0 Å². The molecule has 3 nitrogen and oxygen atoms in total. The highest BCUT2D eigenvalue weighted by atomic mass is 32.1. The van der Waals surface area contributed by atoms with Gasteiger partial charge in [0.1, 0.15) is 0 Å². The largest absolute Gasteiger partial charge is 0.393 e. The monoisotopic (exact) mass is 228 g/mol. The summed E-state index contributed by atoms with van der Waals surface area (Å²) in [5, 5.41) is 0. The number of hydrogen-bond donors (Lipinski definition) is 1. The van der Waals surface area contributed by atoms with E-state index in [1.165, 1.54) is 19.3 Å². The van der Waals surface area contributed by atoms with Gasteiger partial charge in [0, 0.05) is 13.1 Å². The van der Waals surface area contributed by atoms with Crippen LogP contribution in [-0.2, 0) is 4.79 Å². The van der Waals surface area contributed by atoms with Crippen molar-refractivity contribution in [2.45, 2.75) is 39.0 Å². The fourth-order valence-electron chi connectivity index (χ4n) is 1.86. The predicted octanol–water partition coefficient (Wildman–Crippen LogP) is 1.70. The van der Waals surface area contributed by atoms with Crippen molar-refractivity contribution in [3.8, 4) is 0 Å². The van der Waals surface area contributed by atoms with E-state index in [-0.39, 0.29) is 11.8 Å². The van der Waals surface area contributed by atoms with Crippen LogP contribution in [0.4, 0.5) is 0 Å². The van der Waals surface area contributed by atoms with E-state index < -0.39 is 0 Å². The summed E-state index contributed by atoms with van der Waals surface area (Å²) in [7, 11) is 0. The molecule has 1 unspecified atom stereocenters. The van der Waals surface area contributed by atoms with E-state index in [0.717, 1.165) is 25.9 Å². The van der Waals surface area contributed by atoms with Crippen LogP contribution in [0.2, 0.25) is 0 Å². The first kappa shape index (κ1) is 12.4. The van der Waals surface area contributed by atoms with Crippen LogP contribution >= 0.6 is 12.2 Å². The number of rotatable bonds is 2. The number of amides is 1. The van der Waals surface area contributed by atoms with Crippen LogP contribution < -0.4 is 5.73 Å². The summed E-state index contributed by atoms with van der Waals surface area (Å²) in [4.78, 5) is 14.2. The van der Waals surface area contributed by atoms with E-state index in [0.29, 0.717) is 4.99 Å². The Hall–Kier alpha value is -0.640. The average molecular weight is 228 g/mol. The minimum atomic E-state index is -0.306. The third-order valence-corrected chi connectivity index (χ3v) is 3.32. The topological polar surface area (TPSA) is 46.3 Å². The average Bonchev–Trinajstić information content (AvgIpc) is 2.15. The third kappa shape index (κ3) is 3.78. The maximum atomic E-state index is 12.0. The lowest BCUT2D eigenvalue weighted by Crippen LogP contribution is -2.41. The Morgan fingerprint density at radius 2 is 1.67 bits per heavy atom. The number of carbonyl (C=O) groups is 1. The zero-order valence-corrected chi connectivity index (χ0v) is 10.2. The quantitative estimate of drug-likeness (QED) is 0.732. The number of thiocarbonyl (C=S) groups is 1. The molecule has 0 aromatic heterocycles. The first-order valence-electron chi connectivity index (χ1n) is 5.71. The number of likely N-dealkylation sites (tertiary alicyclic amines) is 1. The van der Waals surface area contributed by atoms with Gasteiger partial charge in [-0.15, -0.1) is 0 Å². The molecule has 0 aliphatic carbocycles. The van der Waals surface area contributed by atoms with Crippen molar-refractivity contribution >= 4 is 23.1 Å². The molecule has 2 N–H and O–H groups in total. The fourth-order valence-corrected chi connectivity index (χ4v) is 1.96. The lowest BCUT2D eigenvalue weighted by Gasteiger charge is -2.27. The number of carbonyl (C=O) groups excluding carboxylic acids is 1. The zero-order valence-electron chi connectivity index (χ0n) is 9.37. The molecule has 1 amide bonds. The highest BCUT2D eigenvalue weighted by Gasteiger charge is 2.22. The normalized spacial score (nSPS) is 20.2. The summed E-state index contributed by atoms with van der Waals surface area (Å²) in [5.74, 6) is -0.205. The van der Waals surface area contributed by atoms with Gasteiger partial charge >= 0.3 is 0 Å². The molecular weight excluding hydrogens is 208 g/mol. The molecular formula is C11H20N2OS. The van der Waals surface area contributed by atoms with Crippen LogP contribution in [0.5, 0.6) is 0 Å². The molecule has 0 aromatic rings. The summed E-state index contributed by atoms with van der Waals surface area (Å²) in [6, 6.07) is 0. The van der Waals surface area contributed by atoms with E-state index in [2.05, 4.69) is 0 Å². The van der Waals surface area contributed by atoms with Crippen molar-refractivity contribution < 1.29 is 4.79 Å². The first-order valence-corrected chi connectivity index (χ1v) is 6.12. The van der Waals surface area contributed by atoms with Gasteiger partial charge in [-0.05, 0) is 19.8 Å². The van der Waals surface area contributed by atoms with Crippen LogP contribution in [0.1, 0.15) is 39.0 Å². The Morgan fingerprint density at radius 1 is 1.20 bits per heavy atom. The van der Waals surface area contributed by atoms with Gasteiger partial charge in [0.25, 0.3) is 0 Å². The molecule has 1 rings (SSSR count). The second kappa shape index (κ2) is 6.05. The highest BCUT2D eigenvalue weighted by Crippen LogP contribution is 2.13. The van der Waals surface area contributed by atoms with Gasteiger partial charge in [-0.1, -0.05) is 31.5 Å². The standard InChI is InChI=1S/C11H20N2OS/c1-9(10(12)15)11(14)13-7-5-3-2-4-6-8-13/h9H,2-8H2,1H3,(H2,12,15). The lowest BCUT2D eigenvalue weighted by atomic mass is 10.1. The van der Waals surface area contributed by atoms with Crippen molar-refractivity contribution in [1.82, 2.24) is 4.90 Å². The molecule has 4 heteroatoms. The molecule has 1 saturated heterocycles. The molecule has 1 fully saturated rings. The van der Waals surface area contributed by atoms with Crippen molar-refractivity contribution in [2.75, 3.05) is 13.1 Å². The fraction of sp³-hybridized carbons (Fsp3) is 0.818. The molecule has 0 spiro atoms. The first-order chi connectivity index (χ1) is 7.13. The second-order valence-corrected chi connectivity index (χ2v) is 4.69. The molecule has 1 atom stereocenters. The van der Waals surface area contributed by atoms with Crippen LogP contribution in [0, 0.1) is 5.92 Å². The Balaban J connectivity index is 2.52. The molecule has 0 aromatic carbocycles. The van der Waals surface area contributed by atoms with E-state index in [1.807, 2.05) is 4.90 Å². The van der Waals surface area contributed by atoms with E-state index in [9.17, 15) is 4.79 Å². The maximum Gasteiger partial charge on any atom is 0.232 e. The number of nitrogens with zero attached hydrogens (tertiary/aromatic N) is 1. The van der Waals surface area contributed by atoms with Gasteiger partial charge in [0.05, 0.1) is 10.9 Å². The molecule has 15 heavy (non-hydrogen) atoms. The summed E-state index contributed by atoms with van der Waals surface area (Å²) in [5.41, 5.74) is 5.50. The summed E-state index contributed by atoms with van der Waals surface area (Å²) < 4.78 is 0. The molecule has 1 aliphatic rings. The Morgan fingerprint density at radius 3 is 2.13 bits per heavy atom. The molecule has 0 saturated carbocycles. The lowest BCUT2D eigenvalue weighted by molar-refractivity contribution is -0.133. The molecule has 0 bridgehead atoms. The van der Waals surface area contributed by atoms with Gasteiger partial charge < -0.3 is 10.6 Å². The smallest absolute Gasteiger partial charge is 0.232 e. The Kier molecular flexibility index (Phi) is 5.02. The van der Waals surface area contributed by atoms with Gasteiger partial charge in [0.15, 0.2) is 0 Å². The van der Waals surface area contributed by atoms with Gasteiger partial charge in [-0.3, -0.25) is 4.79 Å². The second-order valence-electron chi connectivity index (χ2n) is 4.22.